The van der Waals surface area contributed by atoms with Gasteiger partial charge in [-0.1, -0.05) is 13.0 Å². The largest absolute Gasteiger partial charge is 0.454 e. The number of hydrogen-bond donors (Lipinski definition) is 2. The van der Waals surface area contributed by atoms with Gasteiger partial charge in [0.25, 0.3) is 0 Å². The first-order valence-corrected chi connectivity index (χ1v) is 10.5. The van der Waals surface area contributed by atoms with E-state index in [-0.39, 0.29) is 23.5 Å². The number of hydrogen-bond acceptors (Lipinski definition) is 6. The third kappa shape index (κ3) is 7.28. The average molecular weight is 473 g/mol. The summed E-state index contributed by atoms with van der Waals surface area (Å²) in [4.78, 5) is 28.9. The molecule has 1 aromatic carbocycles. The van der Waals surface area contributed by atoms with Crippen LogP contribution in [-0.2, 0) is 20.4 Å². The number of carbonyl (C=O) groups excluding carboxylic acids is 2. The Morgan fingerprint density at radius 3 is 2.48 bits per heavy atom. The fourth-order valence-electron chi connectivity index (χ4n) is 3.31. The Kier molecular flexibility index (Phi) is 9.39. The summed E-state index contributed by atoms with van der Waals surface area (Å²) in [6, 6.07) is 2.28. The van der Waals surface area contributed by atoms with Gasteiger partial charge in [-0.05, 0) is 43.7 Å². The van der Waals surface area contributed by atoms with Crippen molar-refractivity contribution >= 4 is 17.6 Å². The number of ether oxygens (including phenoxy) is 2. The SMILES string of the molecule is CCC(N)=C(C(=O)OCC(=O)c1cccc(C(F)(F)F)c1F)C(N)=NCCC1CCOCC1. The number of carbonyl (C=O) groups is 2. The van der Waals surface area contributed by atoms with E-state index in [0.717, 1.165) is 31.4 Å². The highest BCUT2D eigenvalue weighted by molar-refractivity contribution is 6.19. The van der Waals surface area contributed by atoms with Gasteiger partial charge in [0.05, 0.1) is 11.1 Å². The molecule has 1 aromatic rings. The van der Waals surface area contributed by atoms with Crippen LogP contribution in [0, 0.1) is 11.7 Å². The van der Waals surface area contributed by atoms with Crippen LogP contribution in [0.25, 0.3) is 0 Å². The maximum Gasteiger partial charge on any atom is 0.419 e. The maximum atomic E-state index is 14.1. The maximum absolute atomic E-state index is 14.1. The molecule has 0 saturated carbocycles. The first kappa shape index (κ1) is 26.3. The highest BCUT2D eigenvalue weighted by Crippen LogP contribution is 2.32. The molecular formula is C22H27F4N3O4. The van der Waals surface area contributed by atoms with E-state index in [1.54, 1.807) is 6.92 Å². The normalized spacial score (nSPS) is 16.3. The van der Waals surface area contributed by atoms with Crippen LogP contribution in [0.3, 0.4) is 0 Å². The van der Waals surface area contributed by atoms with Crippen LogP contribution >= 0.6 is 0 Å². The second-order valence-electron chi connectivity index (χ2n) is 7.53. The smallest absolute Gasteiger partial charge is 0.419 e. The molecule has 0 amide bonds. The third-order valence-electron chi connectivity index (χ3n) is 5.26. The molecule has 182 valence electrons. The van der Waals surface area contributed by atoms with Gasteiger partial charge in [0.2, 0.25) is 5.78 Å². The monoisotopic (exact) mass is 473 g/mol. The van der Waals surface area contributed by atoms with Gasteiger partial charge in [-0.3, -0.25) is 9.79 Å². The molecule has 0 atom stereocenters. The van der Waals surface area contributed by atoms with Crippen molar-refractivity contribution in [1.29, 1.82) is 0 Å². The van der Waals surface area contributed by atoms with Crippen LogP contribution in [0.1, 0.15) is 48.5 Å². The van der Waals surface area contributed by atoms with E-state index in [1.165, 1.54) is 0 Å². The lowest BCUT2D eigenvalue weighted by Crippen LogP contribution is -2.29. The highest BCUT2D eigenvalue weighted by atomic mass is 19.4. The van der Waals surface area contributed by atoms with E-state index in [1.807, 2.05) is 0 Å². The molecule has 0 aromatic heterocycles. The van der Waals surface area contributed by atoms with Gasteiger partial charge < -0.3 is 20.9 Å². The first-order valence-electron chi connectivity index (χ1n) is 10.5. The minimum absolute atomic E-state index is 0.0741. The predicted molar refractivity (Wildman–Crippen MR) is 113 cm³/mol. The van der Waals surface area contributed by atoms with Crippen LogP contribution < -0.4 is 11.5 Å². The zero-order valence-corrected chi connectivity index (χ0v) is 18.2. The Hall–Kier alpha value is -2.95. The van der Waals surface area contributed by atoms with Crippen molar-refractivity contribution in [3.05, 3.63) is 46.4 Å². The van der Waals surface area contributed by atoms with Crippen molar-refractivity contribution < 1.29 is 36.6 Å². The average Bonchev–Trinajstić information content (AvgIpc) is 2.77. The summed E-state index contributed by atoms with van der Waals surface area (Å²) in [7, 11) is 0. The van der Waals surface area contributed by atoms with Gasteiger partial charge in [0.15, 0.2) is 6.61 Å². The fraction of sp³-hybridized carbons (Fsp3) is 0.500. The summed E-state index contributed by atoms with van der Waals surface area (Å²) in [6.45, 7) is 2.39. The second kappa shape index (κ2) is 11.8. The van der Waals surface area contributed by atoms with Gasteiger partial charge in [-0.25, -0.2) is 9.18 Å². The van der Waals surface area contributed by atoms with Crippen LogP contribution in [0.4, 0.5) is 17.6 Å². The third-order valence-corrected chi connectivity index (χ3v) is 5.26. The van der Waals surface area contributed by atoms with E-state index in [2.05, 4.69) is 4.99 Å². The lowest BCUT2D eigenvalue weighted by atomic mass is 9.97. The van der Waals surface area contributed by atoms with Crippen LogP contribution in [-0.4, -0.2) is 44.0 Å². The highest BCUT2D eigenvalue weighted by Gasteiger charge is 2.35. The molecule has 1 heterocycles. The number of esters is 1. The summed E-state index contributed by atoms with van der Waals surface area (Å²) in [5, 5.41) is 0. The van der Waals surface area contributed by atoms with E-state index >= 15 is 0 Å². The van der Waals surface area contributed by atoms with Crippen molar-refractivity contribution in [2.45, 2.75) is 38.8 Å². The molecule has 11 heteroatoms. The van der Waals surface area contributed by atoms with Gasteiger partial charge in [0, 0.05) is 25.5 Å². The Morgan fingerprint density at radius 1 is 1.21 bits per heavy atom. The molecule has 1 aliphatic heterocycles. The molecule has 0 spiro atoms. The molecule has 0 radical (unpaired) electrons. The molecule has 0 bridgehead atoms. The number of nitrogens with zero attached hydrogens (tertiary/aromatic N) is 1. The molecule has 1 fully saturated rings. The number of amidine groups is 1. The Balaban J connectivity index is 2.07. The van der Waals surface area contributed by atoms with Crippen molar-refractivity contribution in [2.75, 3.05) is 26.4 Å². The summed E-state index contributed by atoms with van der Waals surface area (Å²) in [6.07, 6.45) is -2.18. The molecule has 0 aliphatic carbocycles. The van der Waals surface area contributed by atoms with E-state index < -0.39 is 41.5 Å². The lowest BCUT2D eigenvalue weighted by molar-refractivity contribution is -0.140. The van der Waals surface area contributed by atoms with Gasteiger partial charge in [-0.15, -0.1) is 0 Å². The zero-order chi connectivity index (χ0) is 24.6. The van der Waals surface area contributed by atoms with Crippen molar-refractivity contribution in [3.63, 3.8) is 0 Å². The molecule has 7 nitrogen and oxygen atoms in total. The van der Waals surface area contributed by atoms with Crippen molar-refractivity contribution in [2.24, 2.45) is 22.4 Å². The fourth-order valence-corrected chi connectivity index (χ4v) is 3.31. The Labute approximate surface area is 188 Å². The number of halogens is 4. The van der Waals surface area contributed by atoms with Gasteiger partial charge in [0.1, 0.15) is 17.2 Å². The van der Waals surface area contributed by atoms with Gasteiger partial charge >= 0.3 is 12.1 Å². The lowest BCUT2D eigenvalue weighted by Gasteiger charge is -2.21. The van der Waals surface area contributed by atoms with E-state index in [9.17, 15) is 27.2 Å². The molecule has 4 N–H and O–H groups in total. The molecule has 33 heavy (non-hydrogen) atoms. The Morgan fingerprint density at radius 2 is 1.88 bits per heavy atom. The number of aliphatic imine (C=N–C) groups is 1. The Bertz CT molecular complexity index is 923. The molecule has 0 unspecified atom stereocenters. The summed E-state index contributed by atoms with van der Waals surface area (Å²) in [5.74, 6) is -3.68. The number of alkyl halides is 3. The summed E-state index contributed by atoms with van der Waals surface area (Å²) >= 11 is 0. The minimum atomic E-state index is -4.97. The van der Waals surface area contributed by atoms with Crippen molar-refractivity contribution in [3.8, 4) is 0 Å². The predicted octanol–water partition coefficient (Wildman–Crippen LogP) is 3.37. The standard InChI is InChI=1S/C22H27F4N3O4/c1-2-16(27)18(20(28)29-9-6-13-7-10-32-11-8-13)21(31)33-12-17(30)14-4-3-5-15(19(14)23)22(24,25)26/h3-5,13H,2,6-12,27H2,1H3,(H2,28,29). The van der Waals surface area contributed by atoms with Crippen LogP contribution in [0.15, 0.2) is 34.5 Å². The van der Waals surface area contributed by atoms with Crippen LogP contribution in [0.5, 0.6) is 0 Å². The number of nitrogens with two attached hydrogens (primary N) is 2. The van der Waals surface area contributed by atoms with Crippen LogP contribution in [0.2, 0.25) is 0 Å². The molecular weight excluding hydrogens is 446 g/mol. The van der Waals surface area contributed by atoms with E-state index in [4.69, 9.17) is 20.9 Å². The molecule has 1 saturated heterocycles. The number of Topliss-reactive ketones (excluding diaryl/α,β-unsaturated/α-hetero) is 1. The summed E-state index contributed by atoms with van der Waals surface area (Å²) < 4.78 is 62.9. The number of benzene rings is 1. The second-order valence-corrected chi connectivity index (χ2v) is 7.53. The number of ketones is 1. The quantitative estimate of drug-likeness (QED) is 0.142. The molecule has 2 rings (SSSR count). The number of rotatable bonds is 9. The van der Waals surface area contributed by atoms with Gasteiger partial charge in [-0.2, -0.15) is 13.2 Å². The topological polar surface area (TPSA) is 117 Å². The molecule has 1 aliphatic rings. The zero-order valence-electron chi connectivity index (χ0n) is 18.2. The number of allylic oxidation sites excluding steroid dienone is 1. The summed E-state index contributed by atoms with van der Waals surface area (Å²) in [5.41, 5.74) is 9.24. The first-order chi connectivity index (χ1) is 15.6. The van der Waals surface area contributed by atoms with E-state index in [0.29, 0.717) is 31.7 Å². The van der Waals surface area contributed by atoms with Crippen molar-refractivity contribution in [1.82, 2.24) is 0 Å². The minimum Gasteiger partial charge on any atom is -0.454 e.